The molecule has 0 bridgehead atoms. The Morgan fingerprint density at radius 2 is 2.05 bits per heavy atom. The van der Waals surface area contributed by atoms with Crippen molar-refractivity contribution in [3.8, 4) is 6.07 Å². The number of benzene rings is 1. The monoisotopic (exact) mass is 257 g/mol. The smallest absolute Gasteiger partial charge is 0.101 e. The van der Waals surface area contributed by atoms with Crippen molar-refractivity contribution in [3.63, 3.8) is 0 Å². The van der Waals surface area contributed by atoms with E-state index in [-0.39, 0.29) is 0 Å². The summed E-state index contributed by atoms with van der Waals surface area (Å²) in [7, 11) is 0. The van der Waals surface area contributed by atoms with E-state index < -0.39 is 0 Å². The first-order valence-corrected chi connectivity index (χ1v) is 7.22. The van der Waals surface area contributed by atoms with E-state index in [2.05, 4.69) is 30.1 Å². The van der Waals surface area contributed by atoms with Crippen molar-refractivity contribution >= 4 is 5.69 Å². The summed E-state index contributed by atoms with van der Waals surface area (Å²) in [6.07, 6.45) is 2.49. The quantitative estimate of drug-likeness (QED) is 0.901. The highest BCUT2D eigenvalue weighted by Gasteiger charge is 2.23. The van der Waals surface area contributed by atoms with Crippen LogP contribution >= 0.6 is 0 Å². The summed E-state index contributed by atoms with van der Waals surface area (Å²) in [6, 6.07) is 10.4. The lowest BCUT2D eigenvalue weighted by atomic mass is 9.90. The molecule has 0 radical (unpaired) electrons. The summed E-state index contributed by atoms with van der Waals surface area (Å²) in [5.74, 6) is 0.703. The van der Waals surface area contributed by atoms with Crippen molar-refractivity contribution in [2.75, 3.05) is 25.0 Å². The molecule has 1 aromatic rings. The lowest BCUT2D eigenvalue weighted by Gasteiger charge is -2.35. The van der Waals surface area contributed by atoms with Gasteiger partial charge < -0.3 is 10.2 Å². The van der Waals surface area contributed by atoms with Gasteiger partial charge in [-0.05, 0) is 57.5 Å². The van der Waals surface area contributed by atoms with E-state index in [1.54, 1.807) is 0 Å². The fraction of sp³-hybridized carbons (Fsp3) is 0.562. The largest absolute Gasteiger partial charge is 0.381 e. The number of hydrogen-bond acceptors (Lipinski definition) is 3. The molecule has 0 spiro atoms. The van der Waals surface area contributed by atoms with E-state index in [1.165, 1.54) is 25.9 Å². The van der Waals surface area contributed by atoms with Gasteiger partial charge in [-0.1, -0.05) is 19.1 Å². The fourth-order valence-corrected chi connectivity index (χ4v) is 2.84. The first kappa shape index (κ1) is 13.9. The van der Waals surface area contributed by atoms with Crippen molar-refractivity contribution in [1.29, 1.82) is 5.26 Å². The van der Waals surface area contributed by atoms with Crippen molar-refractivity contribution in [3.05, 3.63) is 29.8 Å². The van der Waals surface area contributed by atoms with Crippen molar-refractivity contribution in [1.82, 2.24) is 4.90 Å². The van der Waals surface area contributed by atoms with E-state index in [0.29, 0.717) is 12.0 Å². The highest BCUT2D eigenvalue weighted by Crippen LogP contribution is 2.24. The molecule has 1 unspecified atom stereocenters. The molecule has 1 aliphatic rings. The Kier molecular flexibility index (Phi) is 4.81. The summed E-state index contributed by atoms with van der Waals surface area (Å²) >= 11 is 0. The normalized spacial score (nSPS) is 18.8. The second-order valence-electron chi connectivity index (χ2n) is 5.36. The van der Waals surface area contributed by atoms with Gasteiger partial charge in [0.25, 0.3) is 0 Å². The second-order valence-corrected chi connectivity index (χ2v) is 5.36. The van der Waals surface area contributed by atoms with Gasteiger partial charge in [0, 0.05) is 6.04 Å². The average Bonchev–Trinajstić information content (AvgIpc) is 2.48. The maximum Gasteiger partial charge on any atom is 0.101 e. The molecule has 1 N–H and O–H groups in total. The Hall–Kier alpha value is -1.53. The molecular formula is C16H23N3. The Morgan fingerprint density at radius 3 is 2.68 bits per heavy atom. The summed E-state index contributed by atoms with van der Waals surface area (Å²) in [6.45, 7) is 8.03. The number of anilines is 1. The van der Waals surface area contributed by atoms with E-state index in [1.807, 2.05) is 24.3 Å². The Labute approximate surface area is 116 Å². The Morgan fingerprint density at radius 1 is 1.37 bits per heavy atom. The minimum absolute atomic E-state index is 0.425. The van der Waals surface area contributed by atoms with Gasteiger partial charge in [-0.3, -0.25) is 0 Å². The maximum absolute atomic E-state index is 9.11. The SMILES string of the molecule is CCN1CCC(C(C)Nc2ccccc2C#N)CC1. The molecule has 1 aliphatic heterocycles. The molecule has 0 aliphatic carbocycles. The molecule has 1 heterocycles. The molecule has 1 fully saturated rings. The predicted molar refractivity (Wildman–Crippen MR) is 79.1 cm³/mol. The number of para-hydroxylation sites is 1. The highest BCUT2D eigenvalue weighted by atomic mass is 15.1. The van der Waals surface area contributed by atoms with E-state index in [0.717, 1.165) is 17.8 Å². The van der Waals surface area contributed by atoms with Gasteiger partial charge in [-0.15, -0.1) is 0 Å². The third-order valence-electron chi connectivity index (χ3n) is 4.22. The zero-order chi connectivity index (χ0) is 13.7. The van der Waals surface area contributed by atoms with Crippen LogP contribution in [0.15, 0.2) is 24.3 Å². The highest BCUT2D eigenvalue weighted by molar-refractivity contribution is 5.57. The first-order chi connectivity index (χ1) is 9.24. The summed E-state index contributed by atoms with van der Waals surface area (Å²) in [5, 5.41) is 12.6. The molecule has 1 saturated heterocycles. The summed E-state index contributed by atoms with van der Waals surface area (Å²) in [4.78, 5) is 2.51. The van der Waals surface area contributed by atoms with Gasteiger partial charge in [-0.25, -0.2) is 0 Å². The maximum atomic E-state index is 9.11. The zero-order valence-corrected chi connectivity index (χ0v) is 11.9. The van der Waals surface area contributed by atoms with Crippen molar-refractivity contribution in [2.24, 2.45) is 5.92 Å². The number of hydrogen-bond donors (Lipinski definition) is 1. The van der Waals surface area contributed by atoms with Crippen LogP contribution in [0, 0.1) is 17.2 Å². The number of nitrogens with one attached hydrogen (secondary N) is 1. The lowest BCUT2D eigenvalue weighted by Crippen LogP contribution is -2.39. The van der Waals surface area contributed by atoms with Crippen LogP contribution in [0.4, 0.5) is 5.69 Å². The summed E-state index contributed by atoms with van der Waals surface area (Å²) in [5.41, 5.74) is 1.70. The standard InChI is InChI=1S/C16H23N3/c1-3-19-10-8-14(9-11-19)13(2)18-16-7-5-4-6-15(16)12-17/h4-7,13-14,18H,3,8-11H2,1-2H3. The molecule has 3 nitrogen and oxygen atoms in total. The van der Waals surface area contributed by atoms with Crippen molar-refractivity contribution in [2.45, 2.75) is 32.7 Å². The van der Waals surface area contributed by atoms with Crippen LogP contribution in [-0.4, -0.2) is 30.6 Å². The van der Waals surface area contributed by atoms with Crippen LogP contribution in [0.2, 0.25) is 0 Å². The van der Waals surface area contributed by atoms with Crippen LogP contribution in [-0.2, 0) is 0 Å². The lowest BCUT2D eigenvalue weighted by molar-refractivity contribution is 0.183. The molecule has 0 saturated carbocycles. The van der Waals surface area contributed by atoms with Gasteiger partial charge in [0.15, 0.2) is 0 Å². The third-order valence-corrected chi connectivity index (χ3v) is 4.22. The van der Waals surface area contributed by atoms with Gasteiger partial charge in [0.2, 0.25) is 0 Å². The first-order valence-electron chi connectivity index (χ1n) is 7.22. The molecule has 0 aromatic heterocycles. The minimum Gasteiger partial charge on any atom is -0.381 e. The van der Waals surface area contributed by atoms with E-state index in [9.17, 15) is 0 Å². The number of nitrogens with zero attached hydrogens (tertiary/aromatic N) is 2. The molecule has 0 amide bonds. The Bertz CT molecular complexity index is 442. The number of piperidine rings is 1. The van der Waals surface area contributed by atoms with Gasteiger partial charge in [0.05, 0.1) is 11.3 Å². The third kappa shape index (κ3) is 3.48. The Balaban J connectivity index is 1.94. The second kappa shape index (κ2) is 6.58. The summed E-state index contributed by atoms with van der Waals surface area (Å²) < 4.78 is 0. The van der Waals surface area contributed by atoms with Crippen LogP contribution in [0.1, 0.15) is 32.3 Å². The van der Waals surface area contributed by atoms with Crippen molar-refractivity contribution < 1.29 is 0 Å². The van der Waals surface area contributed by atoms with E-state index in [4.69, 9.17) is 5.26 Å². The van der Waals surface area contributed by atoms with Crippen LogP contribution < -0.4 is 5.32 Å². The molecule has 19 heavy (non-hydrogen) atoms. The topological polar surface area (TPSA) is 39.1 Å². The predicted octanol–water partition coefficient (Wildman–Crippen LogP) is 3.09. The number of nitriles is 1. The van der Waals surface area contributed by atoms with Crippen LogP contribution in [0.3, 0.4) is 0 Å². The fourth-order valence-electron chi connectivity index (χ4n) is 2.84. The van der Waals surface area contributed by atoms with E-state index >= 15 is 0 Å². The minimum atomic E-state index is 0.425. The molecular weight excluding hydrogens is 234 g/mol. The van der Waals surface area contributed by atoms with Gasteiger partial charge in [-0.2, -0.15) is 5.26 Å². The molecule has 1 atom stereocenters. The van der Waals surface area contributed by atoms with Crippen LogP contribution in [0.5, 0.6) is 0 Å². The van der Waals surface area contributed by atoms with Gasteiger partial charge in [0.1, 0.15) is 6.07 Å². The molecule has 1 aromatic carbocycles. The molecule has 102 valence electrons. The number of likely N-dealkylation sites (tertiary alicyclic amines) is 1. The average molecular weight is 257 g/mol. The zero-order valence-electron chi connectivity index (χ0n) is 11.9. The van der Waals surface area contributed by atoms with Gasteiger partial charge >= 0.3 is 0 Å². The molecule has 3 heteroatoms. The van der Waals surface area contributed by atoms with Crippen LogP contribution in [0.25, 0.3) is 0 Å². The number of rotatable bonds is 4. The molecule has 2 rings (SSSR count).